The Morgan fingerprint density at radius 1 is 1.25 bits per heavy atom. The molecule has 3 N–H and O–H groups in total. The quantitative estimate of drug-likeness (QED) is 0.704. The van der Waals surface area contributed by atoms with E-state index in [9.17, 15) is 4.79 Å². The van der Waals surface area contributed by atoms with E-state index < -0.39 is 5.97 Å². The van der Waals surface area contributed by atoms with Gasteiger partial charge in [-0.15, -0.1) is 0 Å². The Hall–Kier alpha value is -0.468. The average Bonchev–Trinajstić information content (AvgIpc) is 1.88. The molecule has 1 aromatic carbocycles. The molecule has 0 bridgehead atoms. The van der Waals surface area contributed by atoms with Crippen LogP contribution < -0.4 is 3.12 Å². The summed E-state index contributed by atoms with van der Waals surface area (Å²) in [5, 5.41) is 8.59. The summed E-state index contributed by atoms with van der Waals surface area (Å²) in [7, 11) is 0. The zero-order valence-electron chi connectivity index (χ0n) is 6.14. The summed E-state index contributed by atoms with van der Waals surface area (Å²) in [6, 6.07) is 7.10. The fraction of sp³-hybridized carbons (Fsp3) is 0. The molecule has 0 heterocycles. The fourth-order valence-electron chi connectivity index (χ4n) is 0.692. The van der Waals surface area contributed by atoms with Gasteiger partial charge in [0.25, 0.3) is 0 Å². The van der Waals surface area contributed by atoms with Gasteiger partial charge in [0, 0.05) is 0 Å². The van der Waals surface area contributed by atoms with Gasteiger partial charge in [-0.3, -0.25) is 0 Å². The number of carboxylic acid groups (broad SMARTS) is 1. The minimum Gasteiger partial charge on any atom is -0.870 e. The Balaban J connectivity index is 0. The second-order valence-electron chi connectivity index (χ2n) is 1.89. The van der Waals surface area contributed by atoms with Gasteiger partial charge >= 0.3 is 74.6 Å². The third-order valence-electron chi connectivity index (χ3n) is 1.19. The number of carboxylic acids is 1. The largest absolute Gasteiger partial charge is 0.870 e. The van der Waals surface area contributed by atoms with Crippen LogP contribution in [0.3, 0.4) is 0 Å². The molecule has 1 rings (SSSR count). The molecule has 12 heavy (non-hydrogen) atoms. The van der Waals surface area contributed by atoms with Crippen molar-refractivity contribution in [3.05, 3.63) is 29.8 Å². The summed E-state index contributed by atoms with van der Waals surface area (Å²) in [6.45, 7) is 0. The molecule has 0 amide bonds. The number of hydrogen-bond acceptors (Lipinski definition) is 3. The van der Waals surface area contributed by atoms with E-state index in [1.54, 1.807) is 12.1 Å². The molecule has 0 aliphatic carbocycles. The zero-order valence-corrected chi connectivity index (χ0v) is 10.6. The van der Waals surface area contributed by atoms with Crippen LogP contribution in [0.25, 0.3) is 0 Å². The molecule has 0 saturated carbocycles. The van der Waals surface area contributed by atoms with Crippen molar-refractivity contribution in [1.29, 1.82) is 0 Å². The minimum absolute atomic E-state index is 0. The molecule has 62 valence electrons. The van der Waals surface area contributed by atoms with Crippen molar-refractivity contribution in [2.24, 2.45) is 0 Å². The van der Waals surface area contributed by atoms with Gasteiger partial charge in [0.2, 0.25) is 0 Å². The first-order valence-corrected chi connectivity index (χ1v) is 5.04. The van der Waals surface area contributed by atoms with E-state index in [0.29, 0.717) is 31.3 Å². The summed E-state index contributed by atoms with van der Waals surface area (Å²) in [4.78, 5) is 10.4. The van der Waals surface area contributed by atoms with E-state index >= 15 is 0 Å². The van der Waals surface area contributed by atoms with Crippen LogP contribution in [0.1, 0.15) is 10.4 Å². The normalized spacial score (nSPS) is 7.83. The molecule has 4 nitrogen and oxygen atoms in total. The first-order valence-electron chi connectivity index (χ1n) is 2.79. The minimum atomic E-state index is -0.821. The van der Waals surface area contributed by atoms with Crippen LogP contribution in [0.15, 0.2) is 24.3 Å². The smallest absolute Gasteiger partial charge is 0.870 e. The summed E-state index contributed by atoms with van der Waals surface area (Å²) < 4.78 is 0.968. The second-order valence-corrected chi connectivity index (χ2v) is 4.31. The first-order chi connectivity index (χ1) is 4.72. The molecular formula is C7H7O4Tl. The van der Waals surface area contributed by atoms with Crippen LogP contribution in [0.4, 0.5) is 0 Å². The van der Waals surface area contributed by atoms with Crippen molar-refractivity contribution >= 4 is 34.9 Å². The summed E-state index contributed by atoms with van der Waals surface area (Å²) in [5.74, 6) is -0.821. The molecule has 0 aliphatic rings. The predicted molar refractivity (Wildman–Crippen MR) is 42.7 cm³/mol. The van der Waals surface area contributed by atoms with Gasteiger partial charge < -0.3 is 11.0 Å². The van der Waals surface area contributed by atoms with Gasteiger partial charge in [-0.25, -0.2) is 0 Å². The van der Waals surface area contributed by atoms with Crippen LogP contribution >= 0.6 is 0 Å². The summed E-state index contributed by atoms with van der Waals surface area (Å²) >= 11 is 0.595. The van der Waals surface area contributed by atoms with E-state index in [1.165, 1.54) is 0 Å². The van der Waals surface area contributed by atoms with E-state index in [2.05, 4.69) is 0 Å². The predicted octanol–water partition coefficient (Wildman–Crippen LogP) is -0.175. The molecule has 5 heteroatoms. The van der Waals surface area contributed by atoms with Gasteiger partial charge in [-0.05, 0) is 0 Å². The van der Waals surface area contributed by atoms with Gasteiger partial charge in [-0.1, -0.05) is 0 Å². The van der Waals surface area contributed by atoms with Crippen molar-refractivity contribution < 1.29 is 20.9 Å². The van der Waals surface area contributed by atoms with Crippen LogP contribution in [0.5, 0.6) is 0 Å². The number of carbonyl (C=O) groups is 1. The molecule has 0 spiro atoms. The molecule has 0 saturated heterocycles. The van der Waals surface area contributed by atoms with E-state index in [0.717, 1.165) is 3.12 Å². The topological polar surface area (TPSA) is 97.3 Å². The van der Waals surface area contributed by atoms with Gasteiger partial charge in [0.05, 0.1) is 0 Å². The van der Waals surface area contributed by atoms with Gasteiger partial charge in [-0.2, -0.15) is 0 Å². The van der Waals surface area contributed by atoms with Crippen LogP contribution in [0.2, 0.25) is 0 Å². The fourth-order valence-corrected chi connectivity index (χ4v) is 1.98. The van der Waals surface area contributed by atoms with Crippen molar-refractivity contribution in [3.8, 4) is 0 Å². The SMILES string of the molecule is O=C(O)c1cccc[c]1[Tl+2].[OH-].[OH-]. The summed E-state index contributed by atoms with van der Waals surface area (Å²) in [6.07, 6.45) is 0. The van der Waals surface area contributed by atoms with Crippen molar-refractivity contribution in [2.75, 3.05) is 0 Å². The van der Waals surface area contributed by atoms with E-state index in [-0.39, 0.29) is 11.0 Å². The molecule has 0 aromatic heterocycles. The Morgan fingerprint density at radius 3 is 2.08 bits per heavy atom. The second kappa shape index (κ2) is 6.09. The maximum absolute atomic E-state index is 10.4. The number of hydrogen-bond donors (Lipinski definition) is 1. The molecule has 0 radical (unpaired) electrons. The van der Waals surface area contributed by atoms with Crippen LogP contribution in [0, 0.1) is 0 Å². The van der Waals surface area contributed by atoms with E-state index in [4.69, 9.17) is 5.11 Å². The third-order valence-corrected chi connectivity index (χ3v) is 3.15. The molecule has 0 aliphatic heterocycles. The standard InChI is InChI=1S/C7H5O2.2H2O.Tl/c8-7(9)6-4-2-1-3-5-6;;;/h1-4H,(H,8,9);2*1H2;/q;;;+2/p-2. The maximum Gasteiger partial charge on any atom is -0.870 e. The van der Waals surface area contributed by atoms with Crippen LogP contribution in [-0.2, 0) is 0 Å². The molecular weight excluding hydrogens is 352 g/mol. The molecule has 0 atom stereocenters. The van der Waals surface area contributed by atoms with Crippen LogP contribution in [-0.4, -0.2) is 47.8 Å². The average molecular weight is 360 g/mol. The Labute approximate surface area is 85.5 Å². The van der Waals surface area contributed by atoms with Crippen molar-refractivity contribution in [2.45, 2.75) is 0 Å². The number of benzene rings is 1. The monoisotopic (exact) mass is 360 g/mol. The number of rotatable bonds is 1. The zero-order chi connectivity index (χ0) is 7.56. The maximum atomic E-state index is 10.4. The van der Waals surface area contributed by atoms with E-state index in [1.807, 2.05) is 12.1 Å². The molecule has 0 fully saturated rings. The van der Waals surface area contributed by atoms with Gasteiger partial charge in [0.15, 0.2) is 0 Å². The molecule has 1 aromatic rings. The Bertz CT molecular complexity index is 261. The summed E-state index contributed by atoms with van der Waals surface area (Å²) in [5.41, 5.74) is 0.451. The molecule has 0 unspecified atom stereocenters. The van der Waals surface area contributed by atoms with Crippen molar-refractivity contribution in [3.63, 3.8) is 0 Å². The Morgan fingerprint density at radius 2 is 1.75 bits per heavy atom. The van der Waals surface area contributed by atoms with Gasteiger partial charge in [0.1, 0.15) is 0 Å². The Kier molecular flexibility index (Phi) is 7.15. The third kappa shape index (κ3) is 3.29. The van der Waals surface area contributed by atoms with Crippen molar-refractivity contribution in [1.82, 2.24) is 0 Å². The first kappa shape index (κ1) is 14.1. The number of aromatic carboxylic acids is 1.